The first kappa shape index (κ1) is 19.9. The molecule has 1 atom stereocenters. The number of halogens is 1. The monoisotopic (exact) mass is 399 g/mol. The lowest BCUT2D eigenvalue weighted by Crippen LogP contribution is -2.47. The van der Waals surface area contributed by atoms with Gasteiger partial charge < -0.3 is 10.6 Å². The molecule has 3 rings (SSSR count). The molecule has 28 heavy (non-hydrogen) atoms. The summed E-state index contributed by atoms with van der Waals surface area (Å²) in [5, 5.41) is 5.90. The largest absolute Gasteiger partial charge is 0.340 e. The third-order valence-electron chi connectivity index (χ3n) is 4.41. The first-order chi connectivity index (χ1) is 13.3. The molecule has 1 aromatic heterocycles. The van der Waals surface area contributed by atoms with Gasteiger partial charge in [-0.25, -0.2) is 9.37 Å². The van der Waals surface area contributed by atoms with Crippen LogP contribution in [0.5, 0.6) is 0 Å². The Hall–Kier alpha value is -2.80. The number of nitrogens with zero attached hydrogens (tertiary/aromatic N) is 1. The molecule has 0 aliphatic heterocycles. The Morgan fingerprint density at radius 1 is 1.14 bits per heavy atom. The normalized spacial score (nSPS) is 12.2. The molecular weight excluding hydrogens is 377 g/mol. The lowest BCUT2D eigenvalue weighted by molar-refractivity contribution is -0.118. The number of hydrogen-bond acceptors (Lipinski definition) is 4. The molecule has 1 heterocycles. The number of aromatic nitrogens is 1. The maximum Gasteiger partial charge on any atom is 0.254 e. The van der Waals surface area contributed by atoms with Gasteiger partial charge in [0, 0.05) is 0 Å². The fraction of sp³-hybridized carbons (Fsp3) is 0.286. The first-order valence-electron chi connectivity index (χ1n) is 9.00. The van der Waals surface area contributed by atoms with Crippen LogP contribution in [0.2, 0.25) is 0 Å². The maximum absolute atomic E-state index is 13.9. The van der Waals surface area contributed by atoms with E-state index in [2.05, 4.69) is 15.6 Å². The number of benzene rings is 2. The minimum Gasteiger partial charge on any atom is -0.340 e. The van der Waals surface area contributed by atoms with E-state index in [1.807, 2.05) is 39.8 Å². The van der Waals surface area contributed by atoms with Crippen molar-refractivity contribution in [3.63, 3.8) is 0 Å². The highest BCUT2D eigenvalue weighted by molar-refractivity contribution is 7.22. The lowest BCUT2D eigenvalue weighted by Gasteiger charge is -2.21. The summed E-state index contributed by atoms with van der Waals surface area (Å²) in [6.45, 7) is 7.62. The van der Waals surface area contributed by atoms with Gasteiger partial charge in [-0.3, -0.25) is 9.59 Å². The highest BCUT2D eigenvalue weighted by Crippen LogP contribution is 2.29. The van der Waals surface area contributed by atoms with E-state index in [1.54, 1.807) is 6.07 Å². The van der Waals surface area contributed by atoms with Gasteiger partial charge in [0.05, 0.1) is 15.8 Å². The summed E-state index contributed by atoms with van der Waals surface area (Å²) in [5.74, 6) is -1.81. The number of amides is 2. The van der Waals surface area contributed by atoms with Crippen molar-refractivity contribution in [3.05, 3.63) is 58.9 Å². The second-order valence-electron chi connectivity index (χ2n) is 7.11. The van der Waals surface area contributed by atoms with Gasteiger partial charge >= 0.3 is 0 Å². The van der Waals surface area contributed by atoms with Crippen LogP contribution in [-0.4, -0.2) is 22.8 Å². The second kappa shape index (κ2) is 8.06. The summed E-state index contributed by atoms with van der Waals surface area (Å²) in [5.41, 5.74) is 2.93. The van der Waals surface area contributed by atoms with E-state index in [9.17, 15) is 14.0 Å². The fourth-order valence-electron chi connectivity index (χ4n) is 3.01. The van der Waals surface area contributed by atoms with Gasteiger partial charge in [0.15, 0.2) is 5.13 Å². The Balaban J connectivity index is 1.79. The number of carbonyl (C=O) groups is 2. The van der Waals surface area contributed by atoms with Crippen molar-refractivity contribution < 1.29 is 14.0 Å². The molecule has 5 nitrogen and oxygen atoms in total. The molecule has 0 aliphatic carbocycles. The molecule has 0 fully saturated rings. The van der Waals surface area contributed by atoms with Gasteiger partial charge in [0.1, 0.15) is 11.9 Å². The number of fused-ring (bicyclic) bond motifs is 1. The van der Waals surface area contributed by atoms with E-state index in [4.69, 9.17) is 0 Å². The molecule has 0 saturated carbocycles. The van der Waals surface area contributed by atoms with Crippen LogP contribution in [0.4, 0.5) is 9.52 Å². The molecule has 2 amide bonds. The minimum atomic E-state index is -0.818. The average molecular weight is 399 g/mol. The minimum absolute atomic E-state index is 0.0907. The van der Waals surface area contributed by atoms with Crippen LogP contribution < -0.4 is 10.6 Å². The summed E-state index contributed by atoms with van der Waals surface area (Å²) in [4.78, 5) is 29.7. The van der Waals surface area contributed by atoms with Crippen LogP contribution in [0.1, 0.15) is 35.3 Å². The highest BCUT2D eigenvalue weighted by atomic mass is 32.1. The molecule has 3 aromatic rings. The van der Waals surface area contributed by atoms with Gasteiger partial charge in [0.25, 0.3) is 5.91 Å². The van der Waals surface area contributed by atoms with E-state index in [0.29, 0.717) is 5.13 Å². The van der Waals surface area contributed by atoms with E-state index < -0.39 is 17.8 Å². The Morgan fingerprint density at radius 2 is 1.86 bits per heavy atom. The van der Waals surface area contributed by atoms with Gasteiger partial charge in [-0.05, 0) is 49.1 Å². The lowest BCUT2D eigenvalue weighted by atomic mass is 10.0. The average Bonchev–Trinajstić information content (AvgIpc) is 3.02. The van der Waals surface area contributed by atoms with Crippen molar-refractivity contribution in [2.75, 3.05) is 5.32 Å². The SMILES string of the molecule is Cc1cc(C)c2nc(NC(=O)C(NC(=O)c3ccccc3F)C(C)C)sc2c1. The molecule has 7 heteroatoms. The number of thiazole rings is 1. The van der Waals surface area contributed by atoms with Crippen LogP contribution in [0.25, 0.3) is 10.2 Å². The predicted molar refractivity (Wildman–Crippen MR) is 110 cm³/mol. The second-order valence-corrected chi connectivity index (χ2v) is 8.14. The van der Waals surface area contributed by atoms with E-state index >= 15 is 0 Å². The smallest absolute Gasteiger partial charge is 0.254 e. The number of hydrogen-bond donors (Lipinski definition) is 2. The molecular formula is C21H22FN3O2S. The first-order valence-corrected chi connectivity index (χ1v) is 9.82. The van der Waals surface area contributed by atoms with Gasteiger partial charge in [0.2, 0.25) is 5.91 Å². The molecule has 2 N–H and O–H groups in total. The van der Waals surface area contributed by atoms with Crippen molar-refractivity contribution in [2.45, 2.75) is 33.7 Å². The standard InChI is InChI=1S/C21H22FN3O2S/c1-11(2)17(23-19(26)14-7-5-6-8-15(14)22)20(27)25-21-24-18-13(4)9-12(3)10-16(18)28-21/h5-11,17H,1-4H3,(H,23,26)(H,24,25,27). The van der Waals surface area contributed by atoms with Crippen molar-refractivity contribution in [2.24, 2.45) is 5.92 Å². The molecule has 0 bridgehead atoms. The van der Waals surface area contributed by atoms with Crippen LogP contribution in [0.15, 0.2) is 36.4 Å². The van der Waals surface area contributed by atoms with Crippen molar-refractivity contribution >= 4 is 38.5 Å². The molecule has 1 unspecified atom stereocenters. The van der Waals surface area contributed by atoms with Crippen LogP contribution in [0, 0.1) is 25.6 Å². The Morgan fingerprint density at radius 3 is 2.54 bits per heavy atom. The Bertz CT molecular complexity index is 1050. The van der Waals surface area contributed by atoms with Crippen molar-refractivity contribution in [3.8, 4) is 0 Å². The molecule has 0 spiro atoms. The number of aryl methyl sites for hydroxylation is 2. The zero-order chi connectivity index (χ0) is 20.4. The predicted octanol–water partition coefficient (Wildman–Crippen LogP) is 4.45. The molecule has 146 valence electrons. The number of carbonyl (C=O) groups excluding carboxylic acids is 2. The Labute approximate surface area is 167 Å². The van der Waals surface area contributed by atoms with E-state index in [0.717, 1.165) is 21.3 Å². The number of rotatable bonds is 5. The highest BCUT2D eigenvalue weighted by Gasteiger charge is 2.26. The van der Waals surface area contributed by atoms with E-state index in [1.165, 1.54) is 29.5 Å². The Kier molecular flexibility index (Phi) is 5.74. The van der Waals surface area contributed by atoms with Crippen LogP contribution in [0.3, 0.4) is 0 Å². The topological polar surface area (TPSA) is 71.1 Å². The third-order valence-corrected chi connectivity index (χ3v) is 5.33. The summed E-state index contributed by atoms with van der Waals surface area (Å²) in [6, 6.07) is 8.93. The quantitative estimate of drug-likeness (QED) is 0.666. The maximum atomic E-state index is 13.9. The molecule has 2 aromatic carbocycles. The van der Waals surface area contributed by atoms with Gasteiger partial charge in [-0.1, -0.05) is 43.4 Å². The number of nitrogens with one attached hydrogen (secondary N) is 2. The molecule has 0 saturated heterocycles. The van der Waals surface area contributed by atoms with Gasteiger partial charge in [-0.2, -0.15) is 0 Å². The fourth-order valence-corrected chi connectivity index (χ4v) is 4.05. The zero-order valence-electron chi connectivity index (χ0n) is 16.2. The van der Waals surface area contributed by atoms with Crippen molar-refractivity contribution in [1.82, 2.24) is 10.3 Å². The van der Waals surface area contributed by atoms with Crippen LogP contribution in [-0.2, 0) is 4.79 Å². The number of anilines is 1. The molecule has 0 aliphatic rings. The zero-order valence-corrected chi connectivity index (χ0v) is 17.0. The van der Waals surface area contributed by atoms with Crippen LogP contribution >= 0.6 is 11.3 Å². The summed E-state index contributed by atoms with van der Waals surface area (Å²) < 4.78 is 14.8. The summed E-state index contributed by atoms with van der Waals surface area (Å²) in [6.07, 6.45) is 0. The third kappa shape index (κ3) is 4.20. The summed E-state index contributed by atoms with van der Waals surface area (Å²) >= 11 is 1.39. The summed E-state index contributed by atoms with van der Waals surface area (Å²) in [7, 11) is 0. The van der Waals surface area contributed by atoms with E-state index in [-0.39, 0.29) is 17.4 Å². The molecule has 0 radical (unpaired) electrons. The van der Waals surface area contributed by atoms with Gasteiger partial charge in [-0.15, -0.1) is 0 Å². The van der Waals surface area contributed by atoms with Crippen molar-refractivity contribution in [1.29, 1.82) is 0 Å².